The molecule has 2 aromatic carbocycles. The van der Waals surface area contributed by atoms with E-state index in [9.17, 15) is 12.8 Å². The van der Waals surface area contributed by atoms with Crippen LogP contribution >= 0.6 is 22.6 Å². The second-order valence-electron chi connectivity index (χ2n) is 4.76. The topological polar surface area (TPSA) is 37.4 Å². The summed E-state index contributed by atoms with van der Waals surface area (Å²) < 4.78 is 40.4. The molecule has 0 fully saturated rings. The summed E-state index contributed by atoms with van der Waals surface area (Å²) in [7, 11) is -2.70. The SMILES string of the molecule is Cc1ccc(S(=O)(=O)N(C)/C(F)=C(\I)c2ccccc2)cc1. The Morgan fingerprint density at radius 3 is 2.14 bits per heavy atom. The lowest BCUT2D eigenvalue weighted by Crippen LogP contribution is -2.25. The Hall–Kier alpha value is -1.41. The molecule has 116 valence electrons. The van der Waals surface area contributed by atoms with Crippen molar-refractivity contribution >= 4 is 36.2 Å². The average Bonchev–Trinajstić information content (AvgIpc) is 2.54. The number of aryl methyl sites for hydroxylation is 1. The Kier molecular flexibility index (Phi) is 5.23. The minimum atomic E-state index is -3.91. The van der Waals surface area contributed by atoms with Gasteiger partial charge in [-0.05, 0) is 47.2 Å². The number of benzene rings is 2. The number of sulfonamides is 1. The van der Waals surface area contributed by atoms with Crippen LogP contribution in [0.2, 0.25) is 0 Å². The van der Waals surface area contributed by atoms with Crippen molar-refractivity contribution in [1.82, 2.24) is 4.31 Å². The van der Waals surface area contributed by atoms with Gasteiger partial charge in [0.2, 0.25) is 5.95 Å². The van der Waals surface area contributed by atoms with Crippen molar-refractivity contribution in [3.8, 4) is 0 Å². The standard InChI is InChI=1S/C16H15FINO2S/c1-12-8-10-14(11-9-12)22(20,21)19(2)16(17)15(18)13-6-4-3-5-7-13/h3-11H,1-2H3/b16-15-. The van der Waals surface area contributed by atoms with Crippen molar-refractivity contribution in [2.45, 2.75) is 11.8 Å². The van der Waals surface area contributed by atoms with E-state index in [1.807, 2.05) is 35.6 Å². The summed E-state index contributed by atoms with van der Waals surface area (Å²) in [6.07, 6.45) is 0. The van der Waals surface area contributed by atoms with Crippen molar-refractivity contribution in [2.24, 2.45) is 0 Å². The highest BCUT2D eigenvalue weighted by atomic mass is 127. The zero-order chi connectivity index (χ0) is 16.3. The molecule has 0 spiro atoms. The van der Waals surface area contributed by atoms with Gasteiger partial charge in [-0.25, -0.2) is 12.7 Å². The van der Waals surface area contributed by atoms with Gasteiger partial charge in [0.1, 0.15) is 0 Å². The molecule has 6 heteroatoms. The van der Waals surface area contributed by atoms with Crippen LogP contribution in [0.5, 0.6) is 0 Å². The van der Waals surface area contributed by atoms with Gasteiger partial charge >= 0.3 is 0 Å². The second-order valence-corrected chi connectivity index (χ2v) is 7.80. The molecule has 0 aliphatic heterocycles. The van der Waals surface area contributed by atoms with E-state index in [-0.39, 0.29) is 8.48 Å². The van der Waals surface area contributed by atoms with Crippen LogP contribution in [0.1, 0.15) is 11.1 Å². The Morgan fingerprint density at radius 1 is 1.05 bits per heavy atom. The number of nitrogens with zero attached hydrogens (tertiary/aromatic N) is 1. The van der Waals surface area contributed by atoms with E-state index in [2.05, 4.69) is 0 Å². The Morgan fingerprint density at radius 2 is 1.59 bits per heavy atom. The first-order valence-corrected chi connectivity index (χ1v) is 9.02. The summed E-state index contributed by atoms with van der Waals surface area (Å²) in [4.78, 5) is 0.0630. The summed E-state index contributed by atoms with van der Waals surface area (Å²) in [5, 5.41) is 0. The van der Waals surface area contributed by atoms with Crippen LogP contribution in [-0.4, -0.2) is 19.8 Å². The molecule has 3 nitrogen and oxygen atoms in total. The van der Waals surface area contributed by atoms with Gasteiger partial charge in [-0.2, -0.15) is 4.39 Å². The maximum atomic E-state index is 14.6. The van der Waals surface area contributed by atoms with Gasteiger partial charge in [-0.15, -0.1) is 0 Å². The molecule has 0 atom stereocenters. The van der Waals surface area contributed by atoms with Crippen LogP contribution in [0, 0.1) is 6.92 Å². The number of rotatable bonds is 4. The molecule has 0 saturated carbocycles. The van der Waals surface area contributed by atoms with Crippen molar-refractivity contribution in [1.29, 1.82) is 0 Å². The fourth-order valence-electron chi connectivity index (χ4n) is 1.82. The maximum Gasteiger partial charge on any atom is 0.265 e. The molecule has 0 amide bonds. The minimum absolute atomic E-state index is 0.0630. The fourth-order valence-corrected chi connectivity index (χ4v) is 3.80. The molecule has 0 radical (unpaired) electrons. The van der Waals surface area contributed by atoms with Crippen LogP contribution in [-0.2, 0) is 10.0 Å². The predicted octanol–water partition coefficient (Wildman–Crippen LogP) is 4.35. The fraction of sp³-hybridized carbons (Fsp3) is 0.125. The first kappa shape index (κ1) is 17.0. The van der Waals surface area contributed by atoms with Gasteiger partial charge in [-0.3, -0.25) is 0 Å². The summed E-state index contributed by atoms with van der Waals surface area (Å²) in [5.74, 6) is -0.799. The highest BCUT2D eigenvalue weighted by molar-refractivity contribution is 14.1. The molecule has 2 rings (SSSR count). The zero-order valence-electron chi connectivity index (χ0n) is 12.1. The Labute approximate surface area is 143 Å². The number of hydrogen-bond donors (Lipinski definition) is 0. The third kappa shape index (κ3) is 3.49. The van der Waals surface area contributed by atoms with E-state index in [4.69, 9.17) is 0 Å². The second kappa shape index (κ2) is 6.78. The van der Waals surface area contributed by atoms with Crippen molar-refractivity contribution < 1.29 is 12.8 Å². The van der Waals surface area contributed by atoms with E-state index in [1.165, 1.54) is 19.2 Å². The highest BCUT2D eigenvalue weighted by Crippen LogP contribution is 2.30. The molecule has 0 aromatic heterocycles. The monoisotopic (exact) mass is 431 g/mol. The van der Waals surface area contributed by atoms with E-state index in [0.717, 1.165) is 5.56 Å². The Bertz CT molecular complexity index is 787. The number of hydrogen-bond acceptors (Lipinski definition) is 2. The smallest absolute Gasteiger partial charge is 0.244 e. The maximum absolute atomic E-state index is 14.6. The molecule has 0 saturated heterocycles. The summed E-state index contributed by atoms with van der Waals surface area (Å²) in [6, 6.07) is 15.1. The van der Waals surface area contributed by atoms with Crippen LogP contribution in [0.25, 0.3) is 3.58 Å². The minimum Gasteiger partial charge on any atom is -0.244 e. The molecular formula is C16H15FINO2S. The third-order valence-electron chi connectivity index (χ3n) is 3.16. The van der Waals surface area contributed by atoms with Gasteiger partial charge < -0.3 is 0 Å². The molecule has 0 aliphatic carbocycles. The first-order valence-electron chi connectivity index (χ1n) is 6.50. The molecule has 0 heterocycles. The van der Waals surface area contributed by atoms with Gasteiger partial charge in [0.05, 0.1) is 8.48 Å². The molecule has 22 heavy (non-hydrogen) atoms. The van der Waals surface area contributed by atoms with Gasteiger partial charge in [-0.1, -0.05) is 48.0 Å². The molecule has 0 bridgehead atoms. The summed E-state index contributed by atoms with van der Waals surface area (Å²) in [5.41, 5.74) is 1.57. The van der Waals surface area contributed by atoms with Crippen molar-refractivity contribution in [3.63, 3.8) is 0 Å². The van der Waals surface area contributed by atoms with Crippen LogP contribution in [0.3, 0.4) is 0 Å². The van der Waals surface area contributed by atoms with Crippen LogP contribution in [0.15, 0.2) is 65.4 Å². The van der Waals surface area contributed by atoms with Crippen molar-refractivity contribution in [3.05, 3.63) is 71.7 Å². The van der Waals surface area contributed by atoms with Crippen LogP contribution < -0.4 is 0 Å². The van der Waals surface area contributed by atoms with E-state index >= 15 is 0 Å². The predicted molar refractivity (Wildman–Crippen MR) is 94.6 cm³/mol. The summed E-state index contributed by atoms with van der Waals surface area (Å²) >= 11 is 1.81. The van der Waals surface area contributed by atoms with E-state index < -0.39 is 16.0 Å². The van der Waals surface area contributed by atoms with Crippen molar-refractivity contribution in [2.75, 3.05) is 7.05 Å². The first-order chi connectivity index (χ1) is 10.3. The highest BCUT2D eigenvalue weighted by Gasteiger charge is 2.25. The lowest BCUT2D eigenvalue weighted by molar-refractivity contribution is 0.434. The lowest BCUT2D eigenvalue weighted by atomic mass is 10.2. The third-order valence-corrected chi connectivity index (χ3v) is 5.98. The molecule has 0 N–H and O–H groups in total. The normalized spacial score (nSPS) is 12.7. The lowest BCUT2D eigenvalue weighted by Gasteiger charge is -2.18. The average molecular weight is 431 g/mol. The summed E-state index contributed by atoms with van der Waals surface area (Å²) in [6.45, 7) is 1.86. The van der Waals surface area contributed by atoms with Gasteiger partial charge in [0, 0.05) is 7.05 Å². The quantitative estimate of drug-likeness (QED) is 0.534. The molecule has 2 aromatic rings. The molecule has 0 aliphatic rings. The number of halogens is 2. The molecule has 0 unspecified atom stereocenters. The largest absolute Gasteiger partial charge is 0.265 e. The van der Waals surface area contributed by atoms with Gasteiger partial charge in [0.25, 0.3) is 10.0 Å². The van der Waals surface area contributed by atoms with Gasteiger partial charge in [0.15, 0.2) is 0 Å². The molecular weight excluding hydrogens is 416 g/mol. The zero-order valence-corrected chi connectivity index (χ0v) is 15.1. The van der Waals surface area contributed by atoms with E-state index in [0.29, 0.717) is 9.87 Å². The van der Waals surface area contributed by atoms with Crippen LogP contribution in [0.4, 0.5) is 4.39 Å². The van der Waals surface area contributed by atoms with E-state index in [1.54, 1.807) is 36.4 Å². The Balaban J connectivity index is 2.41.